The van der Waals surface area contributed by atoms with Crippen molar-refractivity contribution in [1.82, 2.24) is 0 Å². The minimum atomic E-state index is -1.04. The van der Waals surface area contributed by atoms with Crippen LogP contribution in [0.15, 0.2) is 18.2 Å². The Hall–Kier alpha value is -1.43. The fourth-order valence-electron chi connectivity index (χ4n) is 1.40. The van der Waals surface area contributed by atoms with Gasteiger partial charge in [0.2, 0.25) is 0 Å². The second-order valence-corrected chi connectivity index (χ2v) is 3.04. The molecule has 2 N–H and O–H groups in total. The molecule has 2 rings (SSSR count). The van der Waals surface area contributed by atoms with Gasteiger partial charge in [-0.3, -0.25) is 4.79 Å². The number of Topliss-reactive ketones (excluding diaryl/α,β-unsaturated/α-hetero) is 1. The van der Waals surface area contributed by atoms with Crippen LogP contribution in [0.25, 0.3) is 0 Å². The van der Waals surface area contributed by atoms with Gasteiger partial charge in [0.1, 0.15) is 5.75 Å². The highest BCUT2D eigenvalue weighted by Crippen LogP contribution is 2.26. The maximum absolute atomic E-state index is 11.4. The molecule has 1 aliphatic rings. The minimum absolute atomic E-state index is 0.0608. The number of hydrogen-bond donors (Lipinski definition) is 2. The second-order valence-electron chi connectivity index (χ2n) is 3.04. The van der Waals surface area contributed by atoms with Crippen LogP contribution in [0.1, 0.15) is 16.8 Å². The number of ether oxygens (including phenoxy) is 1. The summed E-state index contributed by atoms with van der Waals surface area (Å²) in [7, 11) is 0. The third-order valence-electron chi connectivity index (χ3n) is 2.11. The fourth-order valence-corrected chi connectivity index (χ4v) is 1.40. The number of quaternary nitrogens is 1. The first-order valence-corrected chi connectivity index (χ1v) is 4.22. The van der Waals surface area contributed by atoms with Crippen LogP contribution in [0.5, 0.6) is 5.75 Å². The number of nitrogens with one attached hydrogen (secondary N) is 1. The van der Waals surface area contributed by atoms with Crippen molar-refractivity contribution in [1.29, 1.82) is 0 Å². The van der Waals surface area contributed by atoms with Crippen molar-refractivity contribution < 1.29 is 20.0 Å². The predicted octanol–water partition coefficient (Wildman–Crippen LogP) is 0.0552. The lowest BCUT2D eigenvalue weighted by atomic mass is 10.0. The van der Waals surface area contributed by atoms with Crippen molar-refractivity contribution in [2.24, 2.45) is 0 Å². The molecule has 1 heterocycles. The number of benzene rings is 1. The van der Waals surface area contributed by atoms with Crippen LogP contribution in [-0.2, 0) is 0 Å². The molecule has 74 valence electrons. The zero-order valence-corrected chi connectivity index (χ0v) is 7.32. The first-order valence-electron chi connectivity index (χ1n) is 4.22. The molecule has 14 heavy (non-hydrogen) atoms. The molecule has 0 aliphatic carbocycles. The van der Waals surface area contributed by atoms with Crippen molar-refractivity contribution >= 4 is 11.5 Å². The Morgan fingerprint density at radius 3 is 3.00 bits per heavy atom. The summed E-state index contributed by atoms with van der Waals surface area (Å²) in [5.74, 6) is 0.417. The molecule has 1 atom stereocenters. The van der Waals surface area contributed by atoms with Gasteiger partial charge in [-0.05, 0) is 6.07 Å². The van der Waals surface area contributed by atoms with Gasteiger partial charge in [-0.25, -0.2) is 5.21 Å². The van der Waals surface area contributed by atoms with Crippen molar-refractivity contribution in [3.8, 4) is 5.75 Å². The molecule has 0 amide bonds. The Bertz CT molecular complexity index is 375. The van der Waals surface area contributed by atoms with Gasteiger partial charge in [0.15, 0.2) is 11.5 Å². The van der Waals surface area contributed by atoms with E-state index in [4.69, 9.17) is 9.94 Å². The van der Waals surface area contributed by atoms with Crippen LogP contribution in [0, 0.1) is 5.21 Å². The Kier molecular flexibility index (Phi) is 2.20. The predicted molar refractivity (Wildman–Crippen MR) is 46.7 cm³/mol. The lowest BCUT2D eigenvalue weighted by molar-refractivity contribution is -0.991. The first-order chi connectivity index (χ1) is 6.68. The van der Waals surface area contributed by atoms with Crippen molar-refractivity contribution in [2.45, 2.75) is 6.42 Å². The number of rotatable bonds is 1. The van der Waals surface area contributed by atoms with E-state index in [9.17, 15) is 10.0 Å². The standard InChI is InChI=1S/C9H9NO4/c11-8-3-4-14-9-2-1-6(10(12)13)5-7(8)9/h1-2,5,10,12H,3-4H2. The summed E-state index contributed by atoms with van der Waals surface area (Å²) in [6.07, 6.45) is 0.316. The largest absolute Gasteiger partial charge is 0.595 e. The molecule has 0 radical (unpaired) electrons. The van der Waals surface area contributed by atoms with Crippen molar-refractivity contribution in [3.05, 3.63) is 29.0 Å². The van der Waals surface area contributed by atoms with Crippen LogP contribution in [0.4, 0.5) is 5.69 Å². The highest BCUT2D eigenvalue weighted by molar-refractivity contribution is 6.00. The molecular formula is C9H9NO4. The summed E-state index contributed by atoms with van der Waals surface area (Å²) in [4.78, 5) is 11.4. The first kappa shape index (κ1) is 9.14. The monoisotopic (exact) mass is 195 g/mol. The molecule has 5 nitrogen and oxygen atoms in total. The summed E-state index contributed by atoms with van der Waals surface area (Å²) < 4.78 is 5.21. The normalized spacial score (nSPS) is 17.1. The summed E-state index contributed by atoms with van der Waals surface area (Å²) in [5.41, 5.74) is 0.485. The molecule has 1 aromatic carbocycles. The highest BCUT2D eigenvalue weighted by atomic mass is 16.8. The second kappa shape index (κ2) is 3.38. The molecule has 0 saturated carbocycles. The van der Waals surface area contributed by atoms with Crippen molar-refractivity contribution in [2.75, 3.05) is 6.61 Å². The van der Waals surface area contributed by atoms with Crippen LogP contribution in [0.3, 0.4) is 0 Å². The van der Waals surface area contributed by atoms with Gasteiger partial charge in [0.05, 0.1) is 12.2 Å². The van der Waals surface area contributed by atoms with Crippen LogP contribution in [-0.4, -0.2) is 17.6 Å². The van der Waals surface area contributed by atoms with Gasteiger partial charge in [-0.15, -0.1) is 0 Å². The molecule has 1 unspecified atom stereocenters. The van der Waals surface area contributed by atoms with Gasteiger partial charge in [-0.2, -0.15) is 5.23 Å². The lowest BCUT2D eigenvalue weighted by Crippen LogP contribution is -2.99. The molecule has 0 spiro atoms. The Morgan fingerprint density at radius 1 is 1.50 bits per heavy atom. The highest BCUT2D eigenvalue weighted by Gasteiger charge is 2.19. The van der Waals surface area contributed by atoms with E-state index in [1.54, 1.807) is 0 Å². The molecule has 1 aromatic rings. The van der Waals surface area contributed by atoms with Gasteiger partial charge in [0, 0.05) is 18.6 Å². The number of carbonyl (C=O) groups is 1. The quantitative estimate of drug-likeness (QED) is 0.621. The zero-order valence-electron chi connectivity index (χ0n) is 7.32. The van der Waals surface area contributed by atoms with E-state index < -0.39 is 5.23 Å². The van der Waals surface area contributed by atoms with E-state index >= 15 is 0 Å². The maximum Gasteiger partial charge on any atom is 0.170 e. The summed E-state index contributed by atoms with van der Waals surface area (Å²) in [6, 6.07) is 4.31. The average Bonchev–Trinajstić information content (AvgIpc) is 2.18. The lowest BCUT2D eigenvalue weighted by Gasteiger charge is -2.18. The molecular weight excluding hydrogens is 186 g/mol. The number of ketones is 1. The SMILES string of the molecule is O=C1CCOc2ccc([NH+]([O-])O)cc21. The van der Waals surface area contributed by atoms with Gasteiger partial charge in [-0.1, -0.05) is 0 Å². The molecule has 0 saturated heterocycles. The minimum Gasteiger partial charge on any atom is -0.595 e. The number of carbonyl (C=O) groups excluding carboxylic acids is 1. The van der Waals surface area contributed by atoms with Crippen LogP contribution < -0.4 is 9.96 Å². The van der Waals surface area contributed by atoms with E-state index in [0.29, 0.717) is 24.3 Å². The summed E-state index contributed by atoms with van der Waals surface area (Å²) in [5, 5.41) is 18.3. The number of hydrogen-bond acceptors (Lipinski definition) is 4. The third kappa shape index (κ3) is 1.48. The van der Waals surface area contributed by atoms with E-state index in [-0.39, 0.29) is 11.5 Å². The third-order valence-corrected chi connectivity index (χ3v) is 2.11. The fraction of sp³-hybridized carbons (Fsp3) is 0.222. The number of fused-ring (bicyclic) bond motifs is 1. The summed E-state index contributed by atoms with van der Waals surface area (Å²) in [6.45, 7) is 0.373. The Balaban J connectivity index is 2.46. The van der Waals surface area contributed by atoms with E-state index in [0.717, 1.165) is 0 Å². The van der Waals surface area contributed by atoms with Gasteiger partial charge in [0.25, 0.3) is 0 Å². The zero-order chi connectivity index (χ0) is 10.1. The smallest absolute Gasteiger partial charge is 0.170 e. The van der Waals surface area contributed by atoms with Gasteiger partial charge >= 0.3 is 0 Å². The van der Waals surface area contributed by atoms with Crippen molar-refractivity contribution in [3.63, 3.8) is 0 Å². The molecule has 1 aliphatic heterocycles. The molecule has 5 heteroatoms. The van der Waals surface area contributed by atoms with Crippen LogP contribution in [0.2, 0.25) is 0 Å². The summed E-state index contributed by atoms with van der Waals surface area (Å²) >= 11 is 0. The van der Waals surface area contributed by atoms with Crippen LogP contribution >= 0.6 is 0 Å². The van der Waals surface area contributed by atoms with E-state index in [2.05, 4.69) is 0 Å². The maximum atomic E-state index is 11.4. The Morgan fingerprint density at radius 2 is 2.29 bits per heavy atom. The van der Waals surface area contributed by atoms with E-state index in [1.165, 1.54) is 18.2 Å². The molecule has 0 aromatic heterocycles. The Labute approximate surface area is 80.1 Å². The molecule has 0 fully saturated rings. The van der Waals surface area contributed by atoms with Gasteiger partial charge < -0.3 is 9.94 Å². The topological polar surface area (TPSA) is 74.0 Å². The van der Waals surface area contributed by atoms with E-state index in [1.807, 2.05) is 0 Å². The average molecular weight is 195 g/mol. The molecule has 0 bridgehead atoms.